The van der Waals surface area contributed by atoms with E-state index in [4.69, 9.17) is 9.47 Å². The van der Waals surface area contributed by atoms with Gasteiger partial charge >= 0.3 is 0 Å². The second kappa shape index (κ2) is 6.27. The molecule has 20 heavy (non-hydrogen) atoms. The Kier molecular flexibility index (Phi) is 4.41. The molecule has 1 heterocycles. The lowest BCUT2D eigenvalue weighted by Gasteiger charge is -2.39. The fraction of sp³-hybridized carbons (Fsp3) is 0.812. The number of ether oxygens (including phenoxy) is 2. The van der Waals surface area contributed by atoms with Crippen molar-refractivity contribution in [3.05, 3.63) is 11.6 Å². The van der Waals surface area contributed by atoms with E-state index in [2.05, 4.69) is 11.0 Å². The third kappa shape index (κ3) is 2.77. The minimum Gasteiger partial charge on any atom is -0.379 e. The van der Waals surface area contributed by atoms with Gasteiger partial charge in [-0.15, -0.1) is 0 Å². The Morgan fingerprint density at radius 2 is 2.35 bits per heavy atom. The van der Waals surface area contributed by atoms with Gasteiger partial charge in [0.05, 0.1) is 18.8 Å². The van der Waals surface area contributed by atoms with Gasteiger partial charge < -0.3 is 14.4 Å². The molecule has 0 N–H and O–H groups in total. The van der Waals surface area contributed by atoms with Crippen LogP contribution in [-0.2, 0) is 14.3 Å². The minimum atomic E-state index is 0.0815. The number of allylic oxidation sites excluding steroid dienone is 1. The molecule has 4 heteroatoms. The second-order valence-corrected chi connectivity index (χ2v) is 6.13. The lowest BCUT2D eigenvalue weighted by atomic mass is 9.96. The number of fused-ring (bicyclic) bond motifs is 1. The monoisotopic (exact) mass is 279 g/mol. The van der Waals surface area contributed by atoms with Crippen LogP contribution < -0.4 is 0 Å². The van der Waals surface area contributed by atoms with Crippen molar-refractivity contribution in [2.75, 3.05) is 20.3 Å². The van der Waals surface area contributed by atoms with Gasteiger partial charge in [0, 0.05) is 20.1 Å². The minimum absolute atomic E-state index is 0.0815. The standard InChI is InChI=1S/C16H25NO3/c1-19-14-8-7-13-16(14)20-10-9-17(13)15(18)11-12-5-3-2-4-6-12/h5,13-14,16H,2-4,6-11H2,1H3/t13-,14-,16+/m1/s1. The van der Waals surface area contributed by atoms with Gasteiger partial charge in [-0.1, -0.05) is 11.6 Å². The molecule has 0 unspecified atom stereocenters. The Balaban J connectivity index is 1.63. The van der Waals surface area contributed by atoms with E-state index in [-0.39, 0.29) is 24.2 Å². The van der Waals surface area contributed by atoms with Gasteiger partial charge in [0.15, 0.2) is 0 Å². The number of amides is 1. The number of rotatable bonds is 3. The van der Waals surface area contributed by atoms with E-state index in [1.165, 1.54) is 18.4 Å². The number of morpholine rings is 1. The van der Waals surface area contributed by atoms with Crippen molar-refractivity contribution >= 4 is 5.91 Å². The van der Waals surface area contributed by atoms with Crippen LogP contribution in [0.4, 0.5) is 0 Å². The van der Waals surface area contributed by atoms with Crippen molar-refractivity contribution in [3.8, 4) is 0 Å². The van der Waals surface area contributed by atoms with Crippen LogP contribution in [0.1, 0.15) is 44.9 Å². The summed E-state index contributed by atoms with van der Waals surface area (Å²) in [6, 6.07) is 0.227. The molecule has 1 aliphatic heterocycles. The van der Waals surface area contributed by atoms with Crippen molar-refractivity contribution in [1.82, 2.24) is 4.90 Å². The summed E-state index contributed by atoms with van der Waals surface area (Å²) in [6.45, 7) is 1.38. The van der Waals surface area contributed by atoms with Crippen LogP contribution in [0.25, 0.3) is 0 Å². The molecule has 0 radical (unpaired) electrons. The quantitative estimate of drug-likeness (QED) is 0.744. The SMILES string of the molecule is CO[C@@H]1CC[C@@H]2[C@@H]1OCCN2C(=O)CC1=CCCCC1. The zero-order valence-electron chi connectivity index (χ0n) is 12.3. The summed E-state index contributed by atoms with van der Waals surface area (Å²) in [5.41, 5.74) is 1.34. The first-order valence-corrected chi connectivity index (χ1v) is 7.91. The molecule has 112 valence electrons. The summed E-state index contributed by atoms with van der Waals surface area (Å²) in [4.78, 5) is 14.7. The van der Waals surface area contributed by atoms with Gasteiger partial charge in [-0.2, -0.15) is 0 Å². The van der Waals surface area contributed by atoms with Crippen LogP contribution in [0.3, 0.4) is 0 Å². The van der Waals surface area contributed by atoms with E-state index >= 15 is 0 Å². The highest BCUT2D eigenvalue weighted by atomic mass is 16.5. The van der Waals surface area contributed by atoms with Crippen molar-refractivity contribution in [2.24, 2.45) is 0 Å². The molecule has 1 saturated carbocycles. The van der Waals surface area contributed by atoms with E-state index < -0.39 is 0 Å². The molecule has 3 rings (SSSR count). The Morgan fingerprint density at radius 1 is 1.45 bits per heavy atom. The van der Waals surface area contributed by atoms with Crippen LogP contribution >= 0.6 is 0 Å². The fourth-order valence-corrected chi connectivity index (χ4v) is 3.84. The fourth-order valence-electron chi connectivity index (χ4n) is 3.84. The van der Waals surface area contributed by atoms with E-state index in [0.717, 1.165) is 32.2 Å². The molecule has 1 saturated heterocycles. The van der Waals surface area contributed by atoms with Crippen LogP contribution in [0.15, 0.2) is 11.6 Å². The topological polar surface area (TPSA) is 38.8 Å². The molecular formula is C16H25NO3. The largest absolute Gasteiger partial charge is 0.379 e. The summed E-state index contributed by atoms with van der Waals surface area (Å²) in [7, 11) is 1.74. The van der Waals surface area contributed by atoms with Crippen molar-refractivity contribution in [3.63, 3.8) is 0 Å². The highest BCUT2D eigenvalue weighted by Gasteiger charge is 2.44. The maximum Gasteiger partial charge on any atom is 0.227 e. The molecule has 0 spiro atoms. The van der Waals surface area contributed by atoms with E-state index in [1.54, 1.807) is 7.11 Å². The first-order chi connectivity index (χ1) is 9.79. The summed E-state index contributed by atoms with van der Waals surface area (Å²) in [5.74, 6) is 0.285. The zero-order valence-corrected chi connectivity index (χ0v) is 12.3. The zero-order chi connectivity index (χ0) is 13.9. The van der Waals surface area contributed by atoms with E-state index in [9.17, 15) is 4.79 Å². The number of carbonyl (C=O) groups is 1. The number of nitrogens with zero attached hydrogens (tertiary/aromatic N) is 1. The van der Waals surface area contributed by atoms with Gasteiger partial charge in [0.25, 0.3) is 0 Å². The Hall–Kier alpha value is -0.870. The molecule has 0 aromatic heterocycles. The van der Waals surface area contributed by atoms with Gasteiger partial charge in [-0.3, -0.25) is 4.79 Å². The van der Waals surface area contributed by atoms with Crippen LogP contribution in [0.5, 0.6) is 0 Å². The maximum atomic E-state index is 12.6. The normalized spacial score (nSPS) is 33.8. The summed E-state index contributed by atoms with van der Waals surface area (Å²) in [5, 5.41) is 0. The molecule has 2 aliphatic carbocycles. The van der Waals surface area contributed by atoms with E-state index in [0.29, 0.717) is 13.0 Å². The van der Waals surface area contributed by atoms with Gasteiger partial charge in [0.2, 0.25) is 5.91 Å². The number of hydrogen-bond acceptors (Lipinski definition) is 3. The Labute approximate surface area is 121 Å². The Bertz CT molecular complexity index is 393. The molecule has 3 atom stereocenters. The molecule has 0 bridgehead atoms. The van der Waals surface area contributed by atoms with Gasteiger partial charge in [0.1, 0.15) is 6.10 Å². The average molecular weight is 279 g/mol. The van der Waals surface area contributed by atoms with Gasteiger partial charge in [-0.25, -0.2) is 0 Å². The number of methoxy groups -OCH3 is 1. The summed E-state index contributed by atoms with van der Waals surface area (Å²) < 4.78 is 11.3. The molecule has 0 aromatic carbocycles. The van der Waals surface area contributed by atoms with Crippen LogP contribution in [-0.4, -0.2) is 49.3 Å². The smallest absolute Gasteiger partial charge is 0.227 e. The van der Waals surface area contributed by atoms with Crippen molar-refractivity contribution in [2.45, 2.75) is 63.2 Å². The van der Waals surface area contributed by atoms with E-state index in [1.807, 2.05) is 0 Å². The summed E-state index contributed by atoms with van der Waals surface area (Å²) in [6.07, 6.45) is 9.88. The van der Waals surface area contributed by atoms with Crippen LogP contribution in [0, 0.1) is 0 Å². The lowest BCUT2D eigenvalue weighted by Crippen LogP contribution is -2.53. The lowest BCUT2D eigenvalue weighted by molar-refractivity contribution is -0.149. The molecular weight excluding hydrogens is 254 g/mol. The third-order valence-electron chi connectivity index (χ3n) is 4.92. The molecule has 0 aromatic rings. The number of carbonyl (C=O) groups excluding carboxylic acids is 1. The predicted octanol–water partition coefficient (Wildman–Crippen LogP) is 2.28. The second-order valence-electron chi connectivity index (χ2n) is 6.13. The highest BCUT2D eigenvalue weighted by Crippen LogP contribution is 2.33. The van der Waals surface area contributed by atoms with Crippen LogP contribution in [0.2, 0.25) is 0 Å². The molecule has 3 aliphatic rings. The molecule has 2 fully saturated rings. The first kappa shape index (κ1) is 14.1. The first-order valence-electron chi connectivity index (χ1n) is 7.91. The molecule has 4 nitrogen and oxygen atoms in total. The van der Waals surface area contributed by atoms with Gasteiger partial charge in [-0.05, 0) is 38.5 Å². The third-order valence-corrected chi connectivity index (χ3v) is 4.92. The maximum absolute atomic E-state index is 12.6. The highest BCUT2D eigenvalue weighted by molar-refractivity contribution is 5.79. The molecule has 1 amide bonds. The van der Waals surface area contributed by atoms with Crippen molar-refractivity contribution < 1.29 is 14.3 Å². The average Bonchev–Trinajstić information content (AvgIpc) is 2.91. The Morgan fingerprint density at radius 3 is 3.10 bits per heavy atom. The summed E-state index contributed by atoms with van der Waals surface area (Å²) >= 11 is 0. The van der Waals surface area contributed by atoms with Crippen molar-refractivity contribution in [1.29, 1.82) is 0 Å². The number of hydrogen-bond donors (Lipinski definition) is 0. The predicted molar refractivity (Wildman–Crippen MR) is 76.4 cm³/mol.